The molecule has 0 saturated heterocycles. The van der Waals surface area contributed by atoms with Gasteiger partial charge in [-0.05, 0) is 61.9 Å². The summed E-state index contributed by atoms with van der Waals surface area (Å²) in [4.78, 5) is 12.8. The molecular weight excluding hydrogens is 491 g/mol. The maximum absolute atomic E-state index is 12.8. The normalized spacial score (nSPS) is 10.9. The van der Waals surface area contributed by atoms with Crippen LogP contribution in [0.1, 0.15) is 11.1 Å². The number of carbonyl (C=O) groups is 1. The number of benzene rings is 3. The molecular formula is C25H22Cl2N4O2S. The van der Waals surface area contributed by atoms with Crippen LogP contribution >= 0.6 is 35.0 Å². The quantitative estimate of drug-likeness (QED) is 0.282. The van der Waals surface area contributed by atoms with Gasteiger partial charge in [0.1, 0.15) is 5.75 Å². The van der Waals surface area contributed by atoms with Crippen molar-refractivity contribution in [3.8, 4) is 22.8 Å². The van der Waals surface area contributed by atoms with Gasteiger partial charge in [0.05, 0.1) is 18.6 Å². The number of ether oxygens (including phenoxy) is 1. The summed E-state index contributed by atoms with van der Waals surface area (Å²) in [7, 11) is 1.54. The molecule has 0 fully saturated rings. The second-order valence-electron chi connectivity index (χ2n) is 7.62. The average Bonchev–Trinajstić information content (AvgIpc) is 3.25. The molecule has 1 amide bonds. The van der Waals surface area contributed by atoms with E-state index in [1.165, 1.54) is 18.9 Å². The first-order valence-electron chi connectivity index (χ1n) is 10.4. The van der Waals surface area contributed by atoms with Crippen LogP contribution in [0.2, 0.25) is 10.0 Å². The molecule has 0 aliphatic heterocycles. The van der Waals surface area contributed by atoms with E-state index >= 15 is 0 Å². The lowest BCUT2D eigenvalue weighted by molar-refractivity contribution is -0.113. The number of aromatic nitrogens is 3. The zero-order valence-corrected chi connectivity index (χ0v) is 21.1. The number of anilines is 1. The van der Waals surface area contributed by atoms with E-state index < -0.39 is 0 Å². The van der Waals surface area contributed by atoms with E-state index in [1.807, 2.05) is 66.9 Å². The van der Waals surface area contributed by atoms with Gasteiger partial charge in [0, 0.05) is 27.4 Å². The van der Waals surface area contributed by atoms with E-state index in [2.05, 4.69) is 15.5 Å². The van der Waals surface area contributed by atoms with Crippen LogP contribution in [0.4, 0.5) is 5.69 Å². The third-order valence-corrected chi connectivity index (χ3v) is 6.70. The molecule has 0 atom stereocenters. The minimum Gasteiger partial charge on any atom is -0.495 e. The highest BCUT2D eigenvalue weighted by molar-refractivity contribution is 7.99. The number of aryl methyl sites for hydroxylation is 2. The zero-order chi connectivity index (χ0) is 24.2. The first-order valence-corrected chi connectivity index (χ1v) is 12.1. The fourth-order valence-corrected chi connectivity index (χ4v) is 4.35. The van der Waals surface area contributed by atoms with Crippen molar-refractivity contribution in [1.82, 2.24) is 14.8 Å². The summed E-state index contributed by atoms with van der Waals surface area (Å²) in [6, 6.07) is 18.9. The fraction of sp³-hybridized carbons (Fsp3) is 0.160. The molecule has 1 N–H and O–H groups in total. The smallest absolute Gasteiger partial charge is 0.234 e. The summed E-state index contributed by atoms with van der Waals surface area (Å²) in [5, 5.41) is 13.5. The van der Waals surface area contributed by atoms with Gasteiger partial charge in [0.25, 0.3) is 0 Å². The third kappa shape index (κ3) is 5.38. The maximum Gasteiger partial charge on any atom is 0.234 e. The Morgan fingerprint density at radius 2 is 1.74 bits per heavy atom. The maximum atomic E-state index is 12.8. The van der Waals surface area contributed by atoms with E-state index in [1.54, 1.807) is 12.1 Å². The Morgan fingerprint density at radius 1 is 1.03 bits per heavy atom. The number of carbonyl (C=O) groups excluding carboxylic acids is 1. The molecule has 6 nitrogen and oxygen atoms in total. The van der Waals surface area contributed by atoms with Crippen molar-refractivity contribution < 1.29 is 9.53 Å². The number of hydrogen-bond donors (Lipinski definition) is 1. The van der Waals surface area contributed by atoms with Crippen LogP contribution < -0.4 is 10.1 Å². The minimum absolute atomic E-state index is 0.134. The van der Waals surface area contributed by atoms with E-state index in [9.17, 15) is 4.79 Å². The standard InChI is InChI=1S/C25H22Cl2N4O2S/c1-15-4-10-19(11-5-15)31-24(17-6-8-18(26)9-7-17)29-30-25(31)34-14-23(32)28-21-12-16(2)20(27)13-22(21)33-3/h4-13H,14H2,1-3H3,(H,28,32). The Balaban J connectivity index is 1.60. The Kier molecular flexibility index (Phi) is 7.46. The molecule has 0 bridgehead atoms. The SMILES string of the molecule is COc1cc(Cl)c(C)cc1NC(=O)CSc1nnc(-c2ccc(Cl)cc2)n1-c1ccc(C)cc1. The first-order chi connectivity index (χ1) is 16.4. The number of methoxy groups -OCH3 is 1. The fourth-order valence-electron chi connectivity index (χ4n) is 3.32. The predicted molar refractivity (Wildman–Crippen MR) is 139 cm³/mol. The largest absolute Gasteiger partial charge is 0.495 e. The average molecular weight is 513 g/mol. The van der Waals surface area contributed by atoms with Gasteiger partial charge in [-0.1, -0.05) is 52.7 Å². The van der Waals surface area contributed by atoms with Crippen molar-refractivity contribution in [2.45, 2.75) is 19.0 Å². The van der Waals surface area contributed by atoms with E-state index in [-0.39, 0.29) is 11.7 Å². The van der Waals surface area contributed by atoms with Crippen LogP contribution in [-0.4, -0.2) is 33.5 Å². The Morgan fingerprint density at radius 3 is 2.41 bits per heavy atom. The van der Waals surface area contributed by atoms with Crippen LogP contribution in [0.25, 0.3) is 17.1 Å². The topological polar surface area (TPSA) is 69.0 Å². The molecule has 0 aliphatic carbocycles. The summed E-state index contributed by atoms with van der Waals surface area (Å²) >= 11 is 13.5. The first kappa shape index (κ1) is 24.1. The van der Waals surface area contributed by atoms with Gasteiger partial charge in [-0.15, -0.1) is 10.2 Å². The minimum atomic E-state index is -0.198. The van der Waals surface area contributed by atoms with E-state index in [0.29, 0.717) is 32.5 Å². The molecule has 0 unspecified atom stereocenters. The summed E-state index contributed by atoms with van der Waals surface area (Å²) in [6.45, 7) is 3.90. The number of rotatable bonds is 7. The number of halogens is 2. The predicted octanol–water partition coefficient (Wildman–Crippen LogP) is 6.60. The van der Waals surface area contributed by atoms with Crippen LogP contribution in [0.3, 0.4) is 0 Å². The molecule has 0 aliphatic rings. The summed E-state index contributed by atoms with van der Waals surface area (Å²) < 4.78 is 7.29. The van der Waals surface area contributed by atoms with Crippen molar-refractivity contribution in [1.29, 1.82) is 0 Å². The number of hydrogen-bond acceptors (Lipinski definition) is 5. The highest BCUT2D eigenvalue weighted by atomic mass is 35.5. The molecule has 1 aromatic heterocycles. The molecule has 174 valence electrons. The van der Waals surface area contributed by atoms with Crippen molar-refractivity contribution in [3.63, 3.8) is 0 Å². The van der Waals surface area contributed by atoms with Gasteiger partial charge in [-0.3, -0.25) is 9.36 Å². The Bertz CT molecular complexity index is 1320. The highest BCUT2D eigenvalue weighted by Gasteiger charge is 2.18. The van der Waals surface area contributed by atoms with Crippen molar-refractivity contribution in [2.24, 2.45) is 0 Å². The lowest BCUT2D eigenvalue weighted by Crippen LogP contribution is -2.15. The second kappa shape index (κ2) is 10.5. The van der Waals surface area contributed by atoms with Gasteiger partial charge in [-0.25, -0.2) is 0 Å². The lowest BCUT2D eigenvalue weighted by Gasteiger charge is -2.13. The third-order valence-electron chi connectivity index (χ3n) is 5.12. The summed E-state index contributed by atoms with van der Waals surface area (Å²) in [5.41, 5.74) is 4.33. The van der Waals surface area contributed by atoms with Gasteiger partial charge in [-0.2, -0.15) is 0 Å². The monoisotopic (exact) mass is 512 g/mol. The molecule has 3 aromatic carbocycles. The number of thioether (sulfide) groups is 1. The van der Waals surface area contributed by atoms with Gasteiger partial charge >= 0.3 is 0 Å². The molecule has 4 aromatic rings. The van der Waals surface area contributed by atoms with Crippen LogP contribution in [0.5, 0.6) is 5.75 Å². The molecule has 9 heteroatoms. The molecule has 4 rings (SSSR count). The summed E-state index contributed by atoms with van der Waals surface area (Å²) in [5.74, 6) is 1.10. The Hall–Kier alpha value is -3.00. The molecule has 0 spiro atoms. The van der Waals surface area contributed by atoms with Crippen molar-refractivity contribution in [3.05, 3.63) is 81.8 Å². The van der Waals surface area contributed by atoms with Crippen molar-refractivity contribution >= 4 is 46.6 Å². The Labute approximate surface area is 212 Å². The molecule has 34 heavy (non-hydrogen) atoms. The van der Waals surface area contributed by atoms with Crippen molar-refractivity contribution in [2.75, 3.05) is 18.2 Å². The van der Waals surface area contributed by atoms with Crippen LogP contribution in [0, 0.1) is 13.8 Å². The van der Waals surface area contributed by atoms with Crippen LogP contribution in [-0.2, 0) is 4.79 Å². The molecule has 1 heterocycles. The number of amides is 1. The lowest BCUT2D eigenvalue weighted by atomic mass is 10.2. The van der Waals surface area contributed by atoms with E-state index in [4.69, 9.17) is 27.9 Å². The second-order valence-corrected chi connectivity index (χ2v) is 9.41. The molecule has 0 saturated carbocycles. The van der Waals surface area contributed by atoms with Gasteiger partial charge in [0.2, 0.25) is 5.91 Å². The number of nitrogens with one attached hydrogen (secondary N) is 1. The number of nitrogens with zero attached hydrogens (tertiary/aromatic N) is 3. The van der Waals surface area contributed by atoms with Gasteiger partial charge in [0.15, 0.2) is 11.0 Å². The summed E-state index contributed by atoms with van der Waals surface area (Å²) in [6.07, 6.45) is 0. The van der Waals surface area contributed by atoms with Gasteiger partial charge < -0.3 is 10.1 Å². The van der Waals surface area contributed by atoms with E-state index in [0.717, 1.165) is 22.4 Å². The zero-order valence-electron chi connectivity index (χ0n) is 18.8. The van der Waals surface area contributed by atoms with Crippen LogP contribution in [0.15, 0.2) is 65.8 Å². The highest BCUT2D eigenvalue weighted by Crippen LogP contribution is 2.32. The molecule has 0 radical (unpaired) electrons.